The summed E-state index contributed by atoms with van der Waals surface area (Å²) in [7, 11) is 0. The standard InChI is InChI=1S/C20H17Cl3N2O4/c1-11-14(22)3-2-4-17(11)25-9-12(7-19(25)27)20(28)29-10-18(26)24-16-8-13(21)5-6-15(16)23/h2-6,8,12H,7,9-10H2,1H3,(H,24,26)/t12-/m0/s1. The molecule has 1 fully saturated rings. The molecule has 2 aromatic carbocycles. The van der Waals surface area contributed by atoms with Gasteiger partial charge in [-0.1, -0.05) is 40.9 Å². The SMILES string of the molecule is Cc1c(Cl)cccc1N1C[C@@H](C(=O)OCC(=O)Nc2cc(Cl)ccc2Cl)CC1=O. The Labute approximate surface area is 182 Å². The highest BCUT2D eigenvalue weighted by atomic mass is 35.5. The van der Waals surface area contributed by atoms with Gasteiger partial charge in [0, 0.05) is 28.7 Å². The third kappa shape index (κ3) is 5.01. The number of nitrogens with one attached hydrogen (secondary N) is 1. The largest absolute Gasteiger partial charge is 0.455 e. The van der Waals surface area contributed by atoms with Crippen LogP contribution < -0.4 is 10.2 Å². The van der Waals surface area contributed by atoms with E-state index in [1.807, 2.05) is 6.92 Å². The van der Waals surface area contributed by atoms with Crippen LogP contribution in [0.2, 0.25) is 15.1 Å². The van der Waals surface area contributed by atoms with E-state index in [0.717, 1.165) is 5.56 Å². The number of carbonyl (C=O) groups is 3. The van der Waals surface area contributed by atoms with E-state index in [4.69, 9.17) is 39.5 Å². The zero-order valence-corrected chi connectivity index (χ0v) is 17.6. The fourth-order valence-corrected chi connectivity index (χ4v) is 3.53. The molecule has 152 valence electrons. The number of hydrogen-bond acceptors (Lipinski definition) is 4. The summed E-state index contributed by atoms with van der Waals surface area (Å²) < 4.78 is 5.08. The summed E-state index contributed by atoms with van der Waals surface area (Å²) in [6.07, 6.45) is 0.00648. The number of anilines is 2. The maximum Gasteiger partial charge on any atom is 0.311 e. The van der Waals surface area contributed by atoms with Gasteiger partial charge in [-0.15, -0.1) is 0 Å². The van der Waals surface area contributed by atoms with Crippen molar-refractivity contribution >= 4 is 64.0 Å². The van der Waals surface area contributed by atoms with Crippen LogP contribution in [0, 0.1) is 12.8 Å². The maximum absolute atomic E-state index is 12.4. The summed E-state index contributed by atoms with van der Waals surface area (Å²) in [6.45, 7) is 1.48. The lowest BCUT2D eigenvalue weighted by Gasteiger charge is -2.19. The van der Waals surface area contributed by atoms with Gasteiger partial charge in [0.15, 0.2) is 6.61 Å². The number of amides is 2. The predicted molar refractivity (Wildman–Crippen MR) is 113 cm³/mol. The molecule has 6 nitrogen and oxygen atoms in total. The molecule has 9 heteroatoms. The van der Waals surface area contributed by atoms with Crippen molar-refractivity contribution in [3.8, 4) is 0 Å². The molecule has 29 heavy (non-hydrogen) atoms. The van der Waals surface area contributed by atoms with Crippen molar-refractivity contribution in [2.75, 3.05) is 23.4 Å². The molecule has 1 heterocycles. The van der Waals surface area contributed by atoms with Gasteiger partial charge in [-0.25, -0.2) is 0 Å². The van der Waals surface area contributed by atoms with Gasteiger partial charge in [0.05, 0.1) is 16.6 Å². The van der Waals surface area contributed by atoms with Crippen LogP contribution in [0.1, 0.15) is 12.0 Å². The first kappa shape index (κ1) is 21.4. The van der Waals surface area contributed by atoms with E-state index in [1.54, 1.807) is 30.3 Å². The first-order valence-electron chi connectivity index (χ1n) is 8.73. The van der Waals surface area contributed by atoms with E-state index in [0.29, 0.717) is 26.4 Å². The number of rotatable bonds is 5. The van der Waals surface area contributed by atoms with Crippen molar-refractivity contribution in [2.24, 2.45) is 5.92 Å². The quantitative estimate of drug-likeness (QED) is 0.674. The van der Waals surface area contributed by atoms with E-state index in [-0.39, 0.29) is 18.9 Å². The molecule has 0 unspecified atom stereocenters. The molecule has 2 amide bonds. The van der Waals surface area contributed by atoms with Gasteiger partial charge in [0.2, 0.25) is 5.91 Å². The minimum Gasteiger partial charge on any atom is -0.455 e. The third-order valence-corrected chi connectivity index (χ3v) is 5.51. The molecule has 0 spiro atoms. The molecule has 0 saturated carbocycles. The summed E-state index contributed by atoms with van der Waals surface area (Å²) in [6, 6.07) is 9.87. The van der Waals surface area contributed by atoms with E-state index < -0.39 is 24.4 Å². The molecule has 0 aromatic heterocycles. The van der Waals surface area contributed by atoms with E-state index in [1.165, 1.54) is 11.0 Å². The molecule has 1 aliphatic heterocycles. The second-order valence-corrected chi connectivity index (χ2v) is 7.82. The van der Waals surface area contributed by atoms with Crippen LogP contribution in [0.25, 0.3) is 0 Å². The van der Waals surface area contributed by atoms with Gasteiger partial charge in [0.1, 0.15) is 0 Å². The topological polar surface area (TPSA) is 75.7 Å². The average molecular weight is 456 g/mol. The molecule has 0 aliphatic carbocycles. The Balaban J connectivity index is 1.57. The molecule has 0 bridgehead atoms. The van der Waals surface area contributed by atoms with Gasteiger partial charge >= 0.3 is 5.97 Å². The number of carbonyl (C=O) groups excluding carboxylic acids is 3. The highest BCUT2D eigenvalue weighted by Crippen LogP contribution is 2.32. The van der Waals surface area contributed by atoms with Gasteiger partial charge in [-0.05, 0) is 42.8 Å². The Kier molecular flexibility index (Phi) is 6.67. The molecule has 3 rings (SSSR count). The van der Waals surface area contributed by atoms with E-state index in [9.17, 15) is 14.4 Å². The van der Waals surface area contributed by atoms with Crippen molar-refractivity contribution in [1.82, 2.24) is 0 Å². The first-order valence-corrected chi connectivity index (χ1v) is 9.86. The van der Waals surface area contributed by atoms with E-state index in [2.05, 4.69) is 5.32 Å². The van der Waals surface area contributed by atoms with Crippen LogP contribution >= 0.6 is 34.8 Å². The van der Waals surface area contributed by atoms with Crippen LogP contribution in [0.3, 0.4) is 0 Å². The summed E-state index contributed by atoms with van der Waals surface area (Å²) >= 11 is 18.0. The van der Waals surface area contributed by atoms with Crippen LogP contribution in [0.5, 0.6) is 0 Å². The maximum atomic E-state index is 12.4. The normalized spacial score (nSPS) is 16.1. The number of esters is 1. The summed E-state index contributed by atoms with van der Waals surface area (Å²) in [5.41, 5.74) is 1.74. The zero-order valence-electron chi connectivity index (χ0n) is 15.4. The lowest BCUT2D eigenvalue weighted by atomic mass is 10.1. The smallest absolute Gasteiger partial charge is 0.311 e. The average Bonchev–Trinajstić information content (AvgIpc) is 3.06. The van der Waals surface area contributed by atoms with Crippen LogP contribution in [0.4, 0.5) is 11.4 Å². The monoisotopic (exact) mass is 454 g/mol. The fourth-order valence-electron chi connectivity index (χ4n) is 3.02. The Morgan fingerprint density at radius 1 is 1.17 bits per heavy atom. The summed E-state index contributed by atoms with van der Waals surface area (Å²) in [5.74, 6) is -2.04. The Bertz CT molecular complexity index is 980. The van der Waals surface area contributed by atoms with Crippen LogP contribution in [0.15, 0.2) is 36.4 Å². The lowest BCUT2D eigenvalue weighted by molar-refractivity contribution is -0.151. The predicted octanol–water partition coefficient (Wildman–Crippen LogP) is 4.49. The van der Waals surface area contributed by atoms with Crippen LogP contribution in [-0.4, -0.2) is 30.9 Å². The minimum absolute atomic E-state index is 0.00648. The van der Waals surface area contributed by atoms with Crippen molar-refractivity contribution in [3.63, 3.8) is 0 Å². The third-order valence-electron chi connectivity index (χ3n) is 4.54. The van der Waals surface area contributed by atoms with E-state index >= 15 is 0 Å². The minimum atomic E-state index is -0.663. The molecule has 1 aliphatic rings. The molecule has 1 N–H and O–H groups in total. The number of halogens is 3. The van der Waals surface area contributed by atoms with Gasteiger partial charge in [-0.2, -0.15) is 0 Å². The van der Waals surface area contributed by atoms with Crippen LogP contribution in [-0.2, 0) is 19.1 Å². The molecule has 1 atom stereocenters. The molecular weight excluding hydrogens is 439 g/mol. The lowest BCUT2D eigenvalue weighted by Crippen LogP contribution is -2.28. The van der Waals surface area contributed by atoms with Crippen molar-refractivity contribution in [2.45, 2.75) is 13.3 Å². The van der Waals surface area contributed by atoms with Gasteiger partial charge < -0.3 is 15.0 Å². The molecular formula is C20H17Cl3N2O4. The van der Waals surface area contributed by atoms with Crippen molar-refractivity contribution < 1.29 is 19.1 Å². The molecule has 2 aromatic rings. The molecule has 0 radical (unpaired) electrons. The second kappa shape index (κ2) is 9.03. The number of nitrogens with zero attached hydrogens (tertiary/aromatic N) is 1. The number of benzene rings is 2. The Hall–Kier alpha value is -2.28. The van der Waals surface area contributed by atoms with Crippen molar-refractivity contribution in [1.29, 1.82) is 0 Å². The highest BCUT2D eigenvalue weighted by molar-refractivity contribution is 6.35. The highest BCUT2D eigenvalue weighted by Gasteiger charge is 2.37. The Morgan fingerprint density at radius 3 is 2.69 bits per heavy atom. The second-order valence-electron chi connectivity index (χ2n) is 6.57. The molecule has 1 saturated heterocycles. The fraction of sp³-hybridized carbons (Fsp3) is 0.250. The van der Waals surface area contributed by atoms with Gasteiger partial charge in [0.25, 0.3) is 5.91 Å². The summed E-state index contributed by atoms with van der Waals surface area (Å²) in [5, 5.41) is 3.78. The zero-order chi connectivity index (χ0) is 21.1. The van der Waals surface area contributed by atoms with Crippen molar-refractivity contribution in [3.05, 3.63) is 57.0 Å². The Morgan fingerprint density at radius 2 is 1.93 bits per heavy atom. The number of hydrogen-bond donors (Lipinski definition) is 1. The van der Waals surface area contributed by atoms with Gasteiger partial charge in [-0.3, -0.25) is 14.4 Å². The first-order chi connectivity index (χ1) is 13.8. The number of ether oxygens (including phenoxy) is 1. The summed E-state index contributed by atoms with van der Waals surface area (Å²) in [4.78, 5) is 38.3.